The first-order chi connectivity index (χ1) is 12.8. The number of benzene rings is 1. The third-order valence-corrected chi connectivity index (χ3v) is 5.37. The topological polar surface area (TPSA) is 76.8 Å². The molecule has 0 unspecified atom stereocenters. The molecule has 0 aliphatic carbocycles. The van der Waals surface area contributed by atoms with Gasteiger partial charge in [0.05, 0.1) is 12.0 Å². The Morgan fingerprint density at radius 1 is 1.19 bits per heavy atom. The molecule has 0 radical (unpaired) electrons. The average molecular weight is 405 g/mol. The lowest BCUT2D eigenvalue weighted by Crippen LogP contribution is -1.97. The van der Waals surface area contributed by atoms with E-state index in [1.807, 2.05) is 29.6 Å². The van der Waals surface area contributed by atoms with E-state index in [9.17, 15) is 0 Å². The van der Waals surface area contributed by atoms with Gasteiger partial charge in [0, 0.05) is 16.2 Å². The van der Waals surface area contributed by atoms with Crippen molar-refractivity contribution in [2.75, 3.05) is 0 Å². The van der Waals surface area contributed by atoms with Crippen LogP contribution in [-0.4, -0.2) is 20.2 Å². The minimum absolute atomic E-state index is 0.314. The molecule has 0 saturated heterocycles. The van der Waals surface area contributed by atoms with Crippen molar-refractivity contribution in [1.82, 2.24) is 20.2 Å². The Hall–Kier alpha value is -2.29. The minimum Gasteiger partial charge on any atom is -0.486 e. The van der Waals surface area contributed by atoms with Crippen LogP contribution in [0, 0.1) is 0 Å². The lowest BCUT2D eigenvalue weighted by molar-refractivity contribution is 0.296. The molecule has 0 atom stereocenters. The van der Waals surface area contributed by atoms with Crippen LogP contribution in [0.15, 0.2) is 57.6 Å². The molecular weight excluding hydrogens is 392 g/mol. The van der Waals surface area contributed by atoms with Gasteiger partial charge >= 0.3 is 0 Å². The fraction of sp³-hybridized carbons (Fsp3) is 0.118. The quantitative estimate of drug-likeness (QED) is 0.434. The molecule has 6 nitrogen and oxygen atoms in total. The first-order valence-corrected chi connectivity index (χ1v) is 9.91. The highest BCUT2D eigenvalue weighted by molar-refractivity contribution is 7.98. The summed E-state index contributed by atoms with van der Waals surface area (Å²) >= 11 is 8.93. The number of hydrogen-bond acceptors (Lipinski definition) is 7. The number of H-pyrrole nitrogens is 1. The molecule has 0 fully saturated rings. The Bertz CT molecular complexity index is 967. The van der Waals surface area contributed by atoms with Crippen molar-refractivity contribution < 1.29 is 9.15 Å². The number of halogens is 1. The average Bonchev–Trinajstić information content (AvgIpc) is 3.40. The van der Waals surface area contributed by atoms with Crippen molar-refractivity contribution in [1.29, 1.82) is 0 Å². The molecule has 0 bridgehead atoms. The molecule has 3 heterocycles. The molecule has 1 N–H and O–H groups in total. The number of thiazole rings is 1. The summed E-state index contributed by atoms with van der Waals surface area (Å²) in [6, 6.07) is 10.9. The maximum Gasteiger partial charge on any atom is 0.208 e. The Labute approximate surface area is 162 Å². The number of nitrogens with zero attached hydrogens (tertiary/aromatic N) is 3. The number of rotatable bonds is 7. The summed E-state index contributed by atoms with van der Waals surface area (Å²) in [6.45, 7) is 0.314. The molecule has 132 valence electrons. The van der Waals surface area contributed by atoms with Crippen LogP contribution in [0.5, 0.6) is 5.75 Å². The molecular formula is C17H13ClN4O2S2. The Morgan fingerprint density at radius 3 is 2.88 bits per heavy atom. The standard InChI is InChI=1S/C17H13ClN4O2S2/c18-11-3-5-13(6-4-11)24-8-15-20-17(22-21-15)26-10-12-9-25-16(19-12)14-2-1-7-23-14/h1-7,9H,8,10H2,(H,20,21,22). The van der Waals surface area contributed by atoms with Crippen molar-refractivity contribution in [3.05, 3.63) is 64.6 Å². The van der Waals surface area contributed by atoms with Crippen molar-refractivity contribution in [3.63, 3.8) is 0 Å². The van der Waals surface area contributed by atoms with Gasteiger partial charge in [0.25, 0.3) is 0 Å². The molecule has 0 aliphatic heterocycles. The van der Waals surface area contributed by atoms with E-state index in [0.29, 0.717) is 28.4 Å². The maximum absolute atomic E-state index is 5.85. The predicted molar refractivity (Wildman–Crippen MR) is 102 cm³/mol. The highest BCUT2D eigenvalue weighted by Crippen LogP contribution is 2.27. The number of hydrogen-bond donors (Lipinski definition) is 1. The Kier molecular flexibility index (Phi) is 5.24. The second-order valence-corrected chi connectivity index (χ2v) is 7.45. The van der Waals surface area contributed by atoms with Crippen LogP contribution in [-0.2, 0) is 12.4 Å². The normalized spacial score (nSPS) is 11.0. The zero-order valence-electron chi connectivity index (χ0n) is 13.4. The zero-order valence-corrected chi connectivity index (χ0v) is 15.8. The second kappa shape index (κ2) is 7.94. The number of nitrogens with one attached hydrogen (secondary N) is 1. The molecule has 0 spiro atoms. The molecule has 4 rings (SSSR count). The minimum atomic E-state index is 0.314. The lowest BCUT2D eigenvalue weighted by Gasteiger charge is -2.03. The van der Waals surface area contributed by atoms with E-state index >= 15 is 0 Å². The monoisotopic (exact) mass is 404 g/mol. The first kappa shape index (κ1) is 17.1. The number of furan rings is 1. The van der Waals surface area contributed by atoms with E-state index in [2.05, 4.69) is 20.2 Å². The summed E-state index contributed by atoms with van der Waals surface area (Å²) in [5, 5.41) is 11.3. The van der Waals surface area contributed by atoms with Gasteiger partial charge in [0.15, 0.2) is 16.6 Å². The third-order valence-electron chi connectivity index (χ3n) is 3.33. The van der Waals surface area contributed by atoms with Gasteiger partial charge in [-0.2, -0.15) is 0 Å². The molecule has 0 amide bonds. The highest BCUT2D eigenvalue weighted by Gasteiger charge is 2.10. The molecule has 1 aromatic carbocycles. The summed E-state index contributed by atoms with van der Waals surface area (Å²) < 4.78 is 11.0. The van der Waals surface area contributed by atoms with Crippen LogP contribution >= 0.6 is 34.7 Å². The second-order valence-electron chi connectivity index (χ2n) is 5.22. The molecule has 3 aromatic heterocycles. The predicted octanol–water partition coefficient (Wildman–Crippen LogP) is 5.05. The first-order valence-electron chi connectivity index (χ1n) is 7.67. The zero-order chi connectivity index (χ0) is 17.8. The summed E-state index contributed by atoms with van der Waals surface area (Å²) in [7, 11) is 0. The third kappa shape index (κ3) is 4.27. The van der Waals surface area contributed by atoms with Gasteiger partial charge in [0.2, 0.25) is 5.16 Å². The van der Waals surface area contributed by atoms with Gasteiger partial charge in [-0.25, -0.2) is 9.97 Å². The van der Waals surface area contributed by atoms with Crippen molar-refractivity contribution in [3.8, 4) is 16.5 Å². The van der Waals surface area contributed by atoms with E-state index < -0.39 is 0 Å². The summed E-state index contributed by atoms with van der Waals surface area (Å²) in [6.07, 6.45) is 1.65. The van der Waals surface area contributed by atoms with Crippen LogP contribution in [0.2, 0.25) is 5.02 Å². The fourth-order valence-electron chi connectivity index (χ4n) is 2.11. The summed E-state index contributed by atoms with van der Waals surface area (Å²) in [4.78, 5) is 8.98. The van der Waals surface area contributed by atoms with E-state index in [-0.39, 0.29) is 0 Å². The summed E-state index contributed by atoms with van der Waals surface area (Å²) in [5.41, 5.74) is 0.968. The largest absolute Gasteiger partial charge is 0.486 e. The lowest BCUT2D eigenvalue weighted by atomic mass is 10.3. The van der Waals surface area contributed by atoms with E-state index in [0.717, 1.165) is 22.2 Å². The van der Waals surface area contributed by atoms with Crippen LogP contribution in [0.4, 0.5) is 0 Å². The SMILES string of the molecule is Clc1ccc(OCc2nc(SCc3csc(-c4ccco4)n3)n[nH]2)cc1. The van der Waals surface area contributed by atoms with Gasteiger partial charge in [-0.05, 0) is 36.4 Å². The van der Waals surface area contributed by atoms with Crippen molar-refractivity contribution >= 4 is 34.7 Å². The van der Waals surface area contributed by atoms with Gasteiger partial charge in [-0.1, -0.05) is 23.4 Å². The smallest absolute Gasteiger partial charge is 0.208 e. The fourth-order valence-corrected chi connectivity index (χ4v) is 3.84. The van der Waals surface area contributed by atoms with Crippen molar-refractivity contribution in [2.45, 2.75) is 17.5 Å². The van der Waals surface area contributed by atoms with Gasteiger partial charge in [0.1, 0.15) is 12.4 Å². The van der Waals surface area contributed by atoms with Gasteiger partial charge < -0.3 is 9.15 Å². The Balaban J connectivity index is 1.30. The summed E-state index contributed by atoms with van der Waals surface area (Å²) in [5.74, 6) is 2.86. The van der Waals surface area contributed by atoms with Crippen LogP contribution in [0.25, 0.3) is 10.8 Å². The van der Waals surface area contributed by atoms with Crippen molar-refractivity contribution in [2.24, 2.45) is 0 Å². The van der Waals surface area contributed by atoms with Crippen LogP contribution in [0.3, 0.4) is 0 Å². The molecule has 0 aliphatic rings. The van der Waals surface area contributed by atoms with Crippen LogP contribution < -0.4 is 4.74 Å². The van der Waals surface area contributed by atoms with E-state index in [1.54, 1.807) is 29.7 Å². The molecule has 9 heteroatoms. The number of aromatic nitrogens is 4. The van der Waals surface area contributed by atoms with E-state index in [1.165, 1.54) is 11.8 Å². The van der Waals surface area contributed by atoms with Gasteiger partial charge in [-0.15, -0.1) is 16.4 Å². The number of aromatic amines is 1. The van der Waals surface area contributed by atoms with Crippen LogP contribution in [0.1, 0.15) is 11.5 Å². The molecule has 4 aromatic rings. The number of thioether (sulfide) groups is 1. The van der Waals surface area contributed by atoms with Gasteiger partial charge in [-0.3, -0.25) is 5.10 Å². The number of ether oxygens (including phenoxy) is 1. The Morgan fingerprint density at radius 2 is 2.08 bits per heavy atom. The highest BCUT2D eigenvalue weighted by atomic mass is 35.5. The molecule has 26 heavy (non-hydrogen) atoms. The molecule has 0 saturated carbocycles. The van der Waals surface area contributed by atoms with E-state index in [4.69, 9.17) is 20.8 Å². The maximum atomic E-state index is 5.85.